The lowest BCUT2D eigenvalue weighted by Crippen LogP contribution is -2.12. The topological polar surface area (TPSA) is 110 Å². The van der Waals surface area contributed by atoms with Crippen molar-refractivity contribution in [1.29, 1.82) is 0 Å². The number of nitrogens with one attached hydrogen (secondary N) is 1. The molecule has 0 saturated carbocycles. The third-order valence-electron chi connectivity index (χ3n) is 1.54. The van der Waals surface area contributed by atoms with Crippen molar-refractivity contribution in [2.45, 2.75) is 0 Å². The highest BCUT2D eigenvalue weighted by Crippen LogP contribution is 2.15. The summed E-state index contributed by atoms with van der Waals surface area (Å²) >= 11 is 0. The monoisotopic (exact) mass is 232 g/mol. The van der Waals surface area contributed by atoms with Crippen LogP contribution in [0, 0.1) is 10.1 Å². The molecule has 1 aromatic rings. The van der Waals surface area contributed by atoms with Crippen molar-refractivity contribution in [2.75, 3.05) is 11.2 Å². The van der Waals surface area contributed by atoms with Crippen molar-refractivity contribution >= 4 is 21.5 Å². The fourth-order valence-corrected chi connectivity index (χ4v) is 1.22. The van der Waals surface area contributed by atoms with Crippen LogP contribution in [0.4, 0.5) is 11.4 Å². The number of nitro groups is 1. The average Bonchev–Trinajstić information content (AvgIpc) is 2.14. The number of rotatable bonds is 4. The summed E-state index contributed by atoms with van der Waals surface area (Å²) in [5.74, 6) is -0.634. The summed E-state index contributed by atoms with van der Waals surface area (Å²) in [4.78, 5) is 9.72. The van der Waals surface area contributed by atoms with Gasteiger partial charge in [0.05, 0.1) is 4.92 Å². The van der Waals surface area contributed by atoms with Crippen molar-refractivity contribution in [1.82, 2.24) is 0 Å². The number of hydrogen-bond donors (Lipinski definition) is 2. The van der Waals surface area contributed by atoms with Crippen molar-refractivity contribution in [3.05, 3.63) is 34.4 Å². The Morgan fingerprint density at radius 1 is 1.33 bits per heavy atom. The molecule has 0 unspecified atom stereocenters. The predicted molar refractivity (Wildman–Crippen MR) is 53.1 cm³/mol. The van der Waals surface area contributed by atoms with Crippen LogP contribution in [0.2, 0.25) is 0 Å². The maximum atomic E-state index is 10.4. The highest BCUT2D eigenvalue weighted by atomic mass is 32.2. The normalized spacial score (nSPS) is 11.0. The molecule has 0 heterocycles. The number of anilines is 1. The van der Waals surface area contributed by atoms with Gasteiger partial charge < -0.3 is 5.32 Å². The molecule has 0 aliphatic carbocycles. The molecule has 7 nitrogen and oxygen atoms in total. The summed E-state index contributed by atoms with van der Waals surface area (Å²) in [6.45, 7) is 0. The fraction of sp³-hybridized carbons (Fsp3) is 0.143. The third-order valence-corrected chi connectivity index (χ3v) is 2.05. The van der Waals surface area contributed by atoms with Gasteiger partial charge in [0, 0.05) is 17.8 Å². The Labute approximate surface area is 85.6 Å². The Kier molecular flexibility index (Phi) is 3.22. The molecular weight excluding hydrogens is 224 g/mol. The van der Waals surface area contributed by atoms with Crippen LogP contribution in [-0.4, -0.2) is 23.8 Å². The SMILES string of the molecule is O=[N+]([O-])c1ccc(NCS(=O)(=O)O)cc1. The molecule has 8 heteroatoms. The first-order valence-electron chi connectivity index (χ1n) is 3.82. The van der Waals surface area contributed by atoms with Crippen molar-refractivity contribution in [2.24, 2.45) is 0 Å². The Bertz CT molecular complexity index is 453. The lowest BCUT2D eigenvalue weighted by Gasteiger charge is -2.02. The molecular formula is C7H8N2O5S. The van der Waals surface area contributed by atoms with Crippen LogP contribution in [0.25, 0.3) is 0 Å². The van der Waals surface area contributed by atoms with Gasteiger partial charge in [0.1, 0.15) is 5.88 Å². The molecule has 15 heavy (non-hydrogen) atoms. The van der Waals surface area contributed by atoms with E-state index in [2.05, 4.69) is 5.32 Å². The van der Waals surface area contributed by atoms with Crippen molar-refractivity contribution in [3.63, 3.8) is 0 Å². The van der Waals surface area contributed by atoms with Gasteiger partial charge in [0.25, 0.3) is 15.8 Å². The molecule has 0 aliphatic heterocycles. The lowest BCUT2D eigenvalue weighted by atomic mass is 10.3. The molecule has 0 aliphatic rings. The smallest absolute Gasteiger partial charge is 0.283 e. The minimum atomic E-state index is -4.09. The van der Waals surface area contributed by atoms with E-state index in [0.29, 0.717) is 5.69 Å². The van der Waals surface area contributed by atoms with Crippen LogP contribution >= 0.6 is 0 Å². The van der Waals surface area contributed by atoms with Crippen molar-refractivity contribution in [3.8, 4) is 0 Å². The molecule has 0 saturated heterocycles. The summed E-state index contributed by atoms with van der Waals surface area (Å²) in [6.07, 6.45) is 0. The molecule has 1 rings (SSSR count). The zero-order valence-corrected chi connectivity index (χ0v) is 8.27. The van der Waals surface area contributed by atoms with Crippen molar-refractivity contribution < 1.29 is 17.9 Å². The highest BCUT2D eigenvalue weighted by Gasteiger charge is 2.06. The van der Waals surface area contributed by atoms with Gasteiger partial charge in [-0.05, 0) is 12.1 Å². The standard InChI is InChI=1S/C7H8N2O5S/c10-9(11)7-3-1-6(2-4-7)8-5-15(12,13)14/h1-4,8H,5H2,(H,12,13,14). The van der Waals surface area contributed by atoms with Crippen LogP contribution in [0.5, 0.6) is 0 Å². The van der Waals surface area contributed by atoms with E-state index in [0.717, 1.165) is 0 Å². The fourth-order valence-electron chi connectivity index (χ4n) is 0.876. The van der Waals surface area contributed by atoms with Gasteiger partial charge in [-0.2, -0.15) is 8.42 Å². The second-order valence-corrected chi connectivity index (χ2v) is 4.16. The van der Waals surface area contributed by atoms with Crippen LogP contribution in [0.15, 0.2) is 24.3 Å². The van der Waals surface area contributed by atoms with Gasteiger partial charge in [-0.3, -0.25) is 14.7 Å². The Balaban J connectivity index is 2.69. The lowest BCUT2D eigenvalue weighted by molar-refractivity contribution is -0.384. The maximum absolute atomic E-state index is 10.4. The largest absolute Gasteiger partial charge is 0.370 e. The Hall–Kier alpha value is -1.67. The van der Waals surface area contributed by atoms with E-state index < -0.39 is 20.9 Å². The molecule has 0 amide bonds. The Morgan fingerprint density at radius 3 is 2.27 bits per heavy atom. The highest BCUT2D eigenvalue weighted by molar-refractivity contribution is 7.85. The van der Waals surface area contributed by atoms with E-state index in [9.17, 15) is 18.5 Å². The van der Waals surface area contributed by atoms with Crippen LogP contribution in [0.1, 0.15) is 0 Å². The van der Waals surface area contributed by atoms with Gasteiger partial charge in [-0.25, -0.2) is 0 Å². The van der Waals surface area contributed by atoms with Crippen LogP contribution < -0.4 is 5.32 Å². The first kappa shape index (κ1) is 11.4. The van der Waals surface area contributed by atoms with E-state index in [-0.39, 0.29) is 5.69 Å². The molecule has 0 spiro atoms. The first-order valence-corrected chi connectivity index (χ1v) is 5.43. The second kappa shape index (κ2) is 4.24. The zero-order valence-electron chi connectivity index (χ0n) is 7.45. The summed E-state index contributed by atoms with van der Waals surface area (Å²) in [5, 5.41) is 12.7. The number of nitrogens with zero attached hydrogens (tertiary/aromatic N) is 1. The van der Waals surface area contributed by atoms with Gasteiger partial charge in [-0.1, -0.05) is 0 Å². The molecule has 0 fully saturated rings. The molecule has 0 radical (unpaired) electrons. The van der Waals surface area contributed by atoms with Gasteiger partial charge in [0.2, 0.25) is 0 Å². The predicted octanol–water partition coefficient (Wildman–Crippen LogP) is 0.852. The van der Waals surface area contributed by atoms with Gasteiger partial charge in [0.15, 0.2) is 0 Å². The summed E-state index contributed by atoms with van der Waals surface area (Å²) in [6, 6.07) is 5.16. The molecule has 0 aromatic heterocycles. The van der Waals surface area contributed by atoms with Gasteiger partial charge >= 0.3 is 0 Å². The van der Waals surface area contributed by atoms with E-state index in [1.165, 1.54) is 24.3 Å². The summed E-state index contributed by atoms with van der Waals surface area (Å²) in [5.41, 5.74) is 0.283. The molecule has 1 aromatic carbocycles. The van der Waals surface area contributed by atoms with Gasteiger partial charge in [-0.15, -0.1) is 0 Å². The number of hydrogen-bond acceptors (Lipinski definition) is 5. The quantitative estimate of drug-likeness (QED) is 0.452. The summed E-state index contributed by atoms with van der Waals surface area (Å²) in [7, 11) is -4.09. The van der Waals surface area contributed by atoms with E-state index in [1.807, 2.05) is 0 Å². The Morgan fingerprint density at radius 2 is 1.87 bits per heavy atom. The molecule has 0 bridgehead atoms. The third kappa shape index (κ3) is 3.92. The number of non-ortho nitro benzene ring substituents is 1. The van der Waals surface area contributed by atoms with Crippen LogP contribution in [0.3, 0.4) is 0 Å². The number of nitro benzene ring substituents is 1. The van der Waals surface area contributed by atoms with Crippen LogP contribution in [-0.2, 0) is 10.1 Å². The maximum Gasteiger partial charge on any atom is 0.283 e. The van der Waals surface area contributed by atoms with E-state index in [4.69, 9.17) is 4.55 Å². The first-order chi connectivity index (χ1) is 6.88. The second-order valence-electron chi connectivity index (χ2n) is 2.71. The molecule has 2 N–H and O–H groups in total. The average molecular weight is 232 g/mol. The zero-order chi connectivity index (χ0) is 11.5. The summed E-state index contributed by atoms with van der Waals surface area (Å²) < 4.78 is 29.2. The number of benzene rings is 1. The van der Waals surface area contributed by atoms with E-state index >= 15 is 0 Å². The minimum absolute atomic E-state index is 0.0904. The molecule has 0 atom stereocenters. The molecule has 82 valence electrons. The minimum Gasteiger partial charge on any atom is -0.370 e. The van der Waals surface area contributed by atoms with E-state index in [1.54, 1.807) is 0 Å².